The first-order valence-electron chi connectivity index (χ1n) is 9.65. The van der Waals surface area contributed by atoms with Crippen molar-refractivity contribution in [1.29, 1.82) is 0 Å². The molecule has 0 unspecified atom stereocenters. The molecule has 1 aliphatic carbocycles. The van der Waals surface area contributed by atoms with E-state index in [4.69, 9.17) is 0 Å². The van der Waals surface area contributed by atoms with Crippen molar-refractivity contribution < 1.29 is 17.6 Å². The number of benzene rings is 3. The maximum Gasteiger partial charge on any atom is 0.261 e. The summed E-state index contributed by atoms with van der Waals surface area (Å²) in [5, 5.41) is 3.10. The van der Waals surface area contributed by atoms with Crippen LogP contribution < -0.4 is 10.0 Å². The Bertz CT molecular complexity index is 1160. The summed E-state index contributed by atoms with van der Waals surface area (Å²) in [6.45, 7) is 0. The van der Waals surface area contributed by atoms with Gasteiger partial charge in [0.1, 0.15) is 5.82 Å². The molecule has 0 atom stereocenters. The highest BCUT2D eigenvalue weighted by atomic mass is 32.2. The fraction of sp³-hybridized carbons (Fsp3) is 0.174. The molecule has 0 bridgehead atoms. The van der Waals surface area contributed by atoms with Crippen LogP contribution in [0.15, 0.2) is 83.8 Å². The first-order valence-corrected chi connectivity index (χ1v) is 11.1. The Morgan fingerprint density at radius 2 is 1.60 bits per heavy atom. The highest BCUT2D eigenvalue weighted by Crippen LogP contribution is 2.41. The molecule has 1 fully saturated rings. The number of hydrogen-bond acceptors (Lipinski definition) is 3. The number of hydrogen-bond donors (Lipinski definition) is 2. The first kappa shape index (κ1) is 20.1. The third-order valence-corrected chi connectivity index (χ3v) is 6.77. The monoisotopic (exact) mass is 424 g/mol. The van der Waals surface area contributed by atoms with Gasteiger partial charge in [-0.05, 0) is 67.3 Å². The van der Waals surface area contributed by atoms with Crippen LogP contribution in [0.5, 0.6) is 0 Å². The van der Waals surface area contributed by atoms with Crippen molar-refractivity contribution in [1.82, 2.24) is 5.32 Å². The number of rotatable bonds is 6. The van der Waals surface area contributed by atoms with Crippen molar-refractivity contribution >= 4 is 21.6 Å². The van der Waals surface area contributed by atoms with Crippen molar-refractivity contribution in [2.75, 3.05) is 4.72 Å². The van der Waals surface area contributed by atoms with E-state index in [1.165, 1.54) is 42.5 Å². The normalized spacial score (nSPS) is 15.1. The van der Waals surface area contributed by atoms with Gasteiger partial charge in [0.15, 0.2) is 0 Å². The second-order valence-corrected chi connectivity index (χ2v) is 9.08. The highest BCUT2D eigenvalue weighted by Gasteiger charge is 2.40. The standard InChI is InChI=1S/C23H21FN2O3S/c24-19-10-12-20(13-11-19)26-30(28,29)21-9-4-6-17(16-21)22(27)25-23(14-5-15-23)18-7-2-1-3-8-18/h1-4,6-13,16,26H,5,14-15H2,(H,25,27). The Morgan fingerprint density at radius 3 is 2.23 bits per heavy atom. The van der Waals surface area contributed by atoms with E-state index in [-0.39, 0.29) is 22.1 Å². The van der Waals surface area contributed by atoms with Gasteiger partial charge in [-0.2, -0.15) is 0 Å². The average molecular weight is 424 g/mol. The topological polar surface area (TPSA) is 75.3 Å². The number of amides is 1. The average Bonchev–Trinajstić information content (AvgIpc) is 2.73. The number of nitrogens with one attached hydrogen (secondary N) is 2. The molecular weight excluding hydrogens is 403 g/mol. The van der Waals surface area contributed by atoms with Gasteiger partial charge in [0.25, 0.3) is 15.9 Å². The summed E-state index contributed by atoms with van der Waals surface area (Å²) < 4.78 is 40.9. The Balaban J connectivity index is 1.55. The summed E-state index contributed by atoms with van der Waals surface area (Å²) in [4.78, 5) is 12.9. The summed E-state index contributed by atoms with van der Waals surface area (Å²) in [5.41, 5.74) is 1.13. The summed E-state index contributed by atoms with van der Waals surface area (Å²) in [7, 11) is -3.92. The molecule has 30 heavy (non-hydrogen) atoms. The fourth-order valence-corrected chi connectivity index (χ4v) is 4.70. The van der Waals surface area contributed by atoms with Gasteiger partial charge < -0.3 is 5.32 Å². The zero-order valence-electron chi connectivity index (χ0n) is 16.1. The highest BCUT2D eigenvalue weighted by molar-refractivity contribution is 7.92. The number of anilines is 1. The van der Waals surface area contributed by atoms with Crippen molar-refractivity contribution in [3.63, 3.8) is 0 Å². The molecule has 2 N–H and O–H groups in total. The lowest BCUT2D eigenvalue weighted by Gasteiger charge is -2.43. The lowest BCUT2D eigenvalue weighted by Crippen LogP contribution is -2.50. The minimum atomic E-state index is -3.92. The Kier molecular flexibility index (Phi) is 5.30. The van der Waals surface area contributed by atoms with Crippen molar-refractivity contribution in [2.24, 2.45) is 0 Å². The Hall–Kier alpha value is -3.19. The zero-order chi connectivity index (χ0) is 21.2. The van der Waals surface area contributed by atoms with Gasteiger partial charge in [-0.15, -0.1) is 0 Å². The number of sulfonamides is 1. The van der Waals surface area contributed by atoms with E-state index in [9.17, 15) is 17.6 Å². The van der Waals surface area contributed by atoms with E-state index in [1.54, 1.807) is 6.07 Å². The second-order valence-electron chi connectivity index (χ2n) is 7.40. The summed E-state index contributed by atoms with van der Waals surface area (Å²) >= 11 is 0. The number of carbonyl (C=O) groups excluding carboxylic acids is 1. The van der Waals surface area contributed by atoms with Crippen molar-refractivity contribution in [2.45, 2.75) is 29.7 Å². The summed E-state index contributed by atoms with van der Waals surface area (Å²) in [6, 6.07) is 20.7. The molecule has 154 valence electrons. The van der Waals surface area contributed by atoms with E-state index in [2.05, 4.69) is 10.0 Å². The first-order chi connectivity index (χ1) is 14.4. The van der Waals surface area contributed by atoms with Gasteiger partial charge >= 0.3 is 0 Å². The molecular formula is C23H21FN2O3S. The van der Waals surface area contributed by atoms with E-state index in [1.807, 2.05) is 30.3 Å². The molecule has 0 spiro atoms. The fourth-order valence-electron chi connectivity index (χ4n) is 3.60. The smallest absolute Gasteiger partial charge is 0.261 e. The molecule has 5 nitrogen and oxygen atoms in total. The van der Waals surface area contributed by atoms with Crippen molar-refractivity contribution in [3.05, 3.63) is 95.8 Å². The van der Waals surface area contributed by atoms with Crippen LogP contribution in [-0.2, 0) is 15.6 Å². The largest absolute Gasteiger partial charge is 0.343 e. The van der Waals surface area contributed by atoms with Crippen molar-refractivity contribution in [3.8, 4) is 0 Å². The molecule has 0 aliphatic heterocycles. The molecule has 0 radical (unpaired) electrons. The zero-order valence-corrected chi connectivity index (χ0v) is 17.0. The molecule has 0 aromatic heterocycles. The van der Waals surface area contributed by atoms with Crippen LogP contribution in [0.25, 0.3) is 0 Å². The molecule has 1 amide bonds. The number of halogens is 1. The molecule has 3 aromatic carbocycles. The predicted octanol–water partition coefficient (Wildman–Crippen LogP) is 4.44. The maximum absolute atomic E-state index is 13.1. The van der Waals surface area contributed by atoms with E-state index >= 15 is 0 Å². The molecule has 7 heteroatoms. The summed E-state index contributed by atoms with van der Waals surface area (Å²) in [6.07, 6.45) is 2.70. The molecule has 3 aromatic rings. The second kappa shape index (κ2) is 7.91. The van der Waals surface area contributed by atoms with Gasteiger partial charge in [-0.1, -0.05) is 36.4 Å². The summed E-state index contributed by atoms with van der Waals surface area (Å²) in [5.74, 6) is -0.780. The third kappa shape index (κ3) is 4.07. The molecule has 0 heterocycles. The minimum absolute atomic E-state index is 0.0400. The molecule has 1 saturated carbocycles. The van der Waals surface area contributed by atoms with Crippen LogP contribution in [0.1, 0.15) is 35.2 Å². The lowest BCUT2D eigenvalue weighted by atomic mass is 9.71. The van der Waals surface area contributed by atoms with Crippen LogP contribution in [0.2, 0.25) is 0 Å². The lowest BCUT2D eigenvalue weighted by molar-refractivity contribution is 0.0823. The molecule has 4 rings (SSSR count). The Labute approximate surface area is 175 Å². The third-order valence-electron chi connectivity index (χ3n) is 5.39. The van der Waals surface area contributed by atoms with Gasteiger partial charge in [-0.3, -0.25) is 9.52 Å². The van der Waals surface area contributed by atoms with Gasteiger partial charge in [-0.25, -0.2) is 12.8 Å². The van der Waals surface area contributed by atoms with E-state index < -0.39 is 21.4 Å². The van der Waals surface area contributed by atoms with Gasteiger partial charge in [0.2, 0.25) is 0 Å². The van der Waals surface area contributed by atoms with Crippen LogP contribution >= 0.6 is 0 Å². The molecule has 1 aliphatic rings. The Morgan fingerprint density at radius 1 is 0.900 bits per heavy atom. The SMILES string of the molecule is O=C(NC1(c2ccccc2)CCC1)c1cccc(S(=O)(=O)Nc2ccc(F)cc2)c1. The molecule has 0 saturated heterocycles. The van der Waals surface area contributed by atoms with Gasteiger partial charge in [0, 0.05) is 11.3 Å². The predicted molar refractivity (Wildman–Crippen MR) is 113 cm³/mol. The van der Waals surface area contributed by atoms with E-state index in [0.29, 0.717) is 0 Å². The van der Waals surface area contributed by atoms with Crippen LogP contribution in [0, 0.1) is 5.82 Å². The van der Waals surface area contributed by atoms with Crippen LogP contribution in [0.4, 0.5) is 10.1 Å². The minimum Gasteiger partial charge on any atom is -0.343 e. The maximum atomic E-state index is 13.1. The van der Waals surface area contributed by atoms with E-state index in [0.717, 1.165) is 24.8 Å². The van der Waals surface area contributed by atoms with Gasteiger partial charge in [0.05, 0.1) is 10.4 Å². The van der Waals surface area contributed by atoms with Crippen LogP contribution in [0.3, 0.4) is 0 Å². The van der Waals surface area contributed by atoms with Crippen LogP contribution in [-0.4, -0.2) is 14.3 Å². The quantitative estimate of drug-likeness (QED) is 0.614. The number of carbonyl (C=O) groups is 1.